The van der Waals surface area contributed by atoms with Crippen LogP contribution < -0.4 is 5.73 Å². The lowest BCUT2D eigenvalue weighted by molar-refractivity contribution is 0.577. The summed E-state index contributed by atoms with van der Waals surface area (Å²) in [5.41, 5.74) is 6.87. The van der Waals surface area contributed by atoms with Crippen LogP contribution in [0.4, 0.5) is 0 Å². The molecule has 0 fully saturated rings. The molecule has 0 saturated carbocycles. The summed E-state index contributed by atoms with van der Waals surface area (Å²) in [7, 11) is -3.40. The van der Waals surface area contributed by atoms with E-state index < -0.39 is 9.84 Å². The van der Waals surface area contributed by atoms with Crippen molar-refractivity contribution in [3.8, 4) is 0 Å². The molecule has 0 bridgehead atoms. The van der Waals surface area contributed by atoms with E-state index in [1.807, 2.05) is 0 Å². The third kappa shape index (κ3) is 3.61. The van der Waals surface area contributed by atoms with Gasteiger partial charge in [-0.2, -0.15) is 5.10 Å². The number of sulfone groups is 1. The fraction of sp³-hybridized carbons (Fsp3) is 0.231. The molecule has 1 heterocycles. The van der Waals surface area contributed by atoms with Crippen LogP contribution in [0.3, 0.4) is 0 Å². The van der Waals surface area contributed by atoms with E-state index in [1.54, 1.807) is 23.7 Å². The molecular weight excluding hydrogens is 330 g/mol. The highest BCUT2D eigenvalue weighted by atomic mass is 35.5. The first-order valence-corrected chi connectivity index (χ1v) is 8.55. The number of thiocarbonyl (C=S) groups is 1. The Balaban J connectivity index is 2.15. The quantitative estimate of drug-likeness (QED) is 0.839. The molecule has 2 N–H and O–H groups in total. The summed E-state index contributed by atoms with van der Waals surface area (Å²) in [5.74, 6) is -0.0573. The van der Waals surface area contributed by atoms with E-state index in [0.717, 1.165) is 5.69 Å². The largest absolute Gasteiger partial charge is 0.389 e. The molecule has 0 amide bonds. The average Bonchev–Trinajstić information content (AvgIpc) is 2.77. The van der Waals surface area contributed by atoms with Gasteiger partial charge < -0.3 is 5.73 Å². The minimum absolute atomic E-state index is 0.0573. The van der Waals surface area contributed by atoms with E-state index in [1.165, 1.54) is 18.3 Å². The summed E-state index contributed by atoms with van der Waals surface area (Å²) in [6.45, 7) is 2.04. The molecule has 112 valence electrons. The van der Waals surface area contributed by atoms with Gasteiger partial charge in [0.25, 0.3) is 0 Å². The molecule has 8 heteroatoms. The molecule has 0 aliphatic carbocycles. The highest BCUT2D eigenvalue weighted by Gasteiger charge is 2.16. The lowest BCUT2D eigenvalue weighted by Gasteiger charge is -2.07. The van der Waals surface area contributed by atoms with Crippen LogP contribution in [0.1, 0.15) is 11.3 Å². The highest BCUT2D eigenvalue weighted by Crippen LogP contribution is 2.16. The summed E-state index contributed by atoms with van der Waals surface area (Å²) in [6.07, 6.45) is 1.50. The standard InChI is InChI=1S/C13H14ClN3O2S2/c1-9-12(14)8-16-17(9)6-7-21(18,19)11-4-2-10(3-5-11)13(15)20/h2-5,8H,6-7H2,1H3,(H2,15,20). The molecule has 1 aromatic heterocycles. The summed E-state index contributed by atoms with van der Waals surface area (Å²) < 4.78 is 26.1. The van der Waals surface area contributed by atoms with Crippen molar-refractivity contribution in [2.45, 2.75) is 18.4 Å². The van der Waals surface area contributed by atoms with Gasteiger partial charge in [-0.3, -0.25) is 4.68 Å². The Morgan fingerprint density at radius 2 is 2.00 bits per heavy atom. The van der Waals surface area contributed by atoms with E-state index >= 15 is 0 Å². The van der Waals surface area contributed by atoms with Crippen molar-refractivity contribution in [2.75, 3.05) is 5.75 Å². The maximum absolute atomic E-state index is 12.3. The zero-order chi connectivity index (χ0) is 15.6. The van der Waals surface area contributed by atoms with Crippen LogP contribution in [-0.2, 0) is 16.4 Å². The number of benzene rings is 1. The van der Waals surface area contributed by atoms with Crippen molar-refractivity contribution in [1.29, 1.82) is 0 Å². The number of nitrogens with zero attached hydrogens (tertiary/aromatic N) is 2. The Bertz CT molecular complexity index is 767. The number of hydrogen-bond donors (Lipinski definition) is 1. The molecule has 5 nitrogen and oxygen atoms in total. The fourth-order valence-corrected chi connectivity index (χ4v) is 3.28. The second-order valence-electron chi connectivity index (χ2n) is 4.51. The Morgan fingerprint density at radius 3 is 2.48 bits per heavy atom. The third-order valence-electron chi connectivity index (χ3n) is 3.11. The Morgan fingerprint density at radius 1 is 1.38 bits per heavy atom. The molecule has 0 radical (unpaired) electrons. The Labute approximate surface area is 133 Å². The molecule has 21 heavy (non-hydrogen) atoms. The van der Waals surface area contributed by atoms with Gasteiger partial charge in [-0.05, 0) is 19.1 Å². The molecule has 0 aliphatic heterocycles. The second kappa shape index (κ2) is 6.13. The summed E-state index contributed by atoms with van der Waals surface area (Å²) in [4.78, 5) is 0.471. The lowest BCUT2D eigenvalue weighted by Crippen LogP contribution is -2.15. The number of hydrogen-bond acceptors (Lipinski definition) is 4. The van der Waals surface area contributed by atoms with Crippen molar-refractivity contribution in [3.05, 3.63) is 46.7 Å². The van der Waals surface area contributed by atoms with Crippen molar-refractivity contribution in [2.24, 2.45) is 5.73 Å². The summed E-state index contributed by atoms with van der Waals surface area (Å²) in [5, 5.41) is 4.56. The molecule has 0 unspecified atom stereocenters. The van der Waals surface area contributed by atoms with Crippen LogP contribution in [-0.4, -0.2) is 28.9 Å². The van der Waals surface area contributed by atoms with Crippen LogP contribution in [0.5, 0.6) is 0 Å². The first-order valence-electron chi connectivity index (χ1n) is 6.12. The predicted molar refractivity (Wildman–Crippen MR) is 86.4 cm³/mol. The van der Waals surface area contributed by atoms with Gasteiger partial charge >= 0.3 is 0 Å². The molecular formula is C13H14ClN3O2S2. The first kappa shape index (κ1) is 15.9. The van der Waals surface area contributed by atoms with Crippen LogP contribution in [0.25, 0.3) is 0 Å². The molecule has 0 aliphatic rings. The SMILES string of the molecule is Cc1c(Cl)cnn1CCS(=O)(=O)c1ccc(C(N)=S)cc1. The van der Waals surface area contributed by atoms with Gasteiger partial charge in [-0.15, -0.1) is 0 Å². The van der Waals surface area contributed by atoms with Crippen LogP contribution in [0.2, 0.25) is 5.02 Å². The van der Waals surface area contributed by atoms with Crippen LogP contribution in [0, 0.1) is 6.92 Å². The van der Waals surface area contributed by atoms with Crippen molar-refractivity contribution in [1.82, 2.24) is 9.78 Å². The van der Waals surface area contributed by atoms with Gasteiger partial charge in [0.15, 0.2) is 9.84 Å². The number of rotatable bonds is 5. The smallest absolute Gasteiger partial charge is 0.180 e. The summed E-state index contributed by atoms with van der Waals surface area (Å²) >= 11 is 10.7. The van der Waals surface area contributed by atoms with E-state index in [4.69, 9.17) is 29.6 Å². The van der Waals surface area contributed by atoms with Crippen molar-refractivity contribution in [3.63, 3.8) is 0 Å². The monoisotopic (exact) mass is 343 g/mol. The van der Waals surface area contributed by atoms with Crippen LogP contribution in [0.15, 0.2) is 35.4 Å². The minimum Gasteiger partial charge on any atom is -0.389 e. The van der Waals surface area contributed by atoms with Crippen LogP contribution >= 0.6 is 23.8 Å². The van der Waals surface area contributed by atoms with E-state index in [2.05, 4.69) is 5.10 Å². The van der Waals surface area contributed by atoms with E-state index in [9.17, 15) is 8.42 Å². The number of aromatic nitrogens is 2. The third-order valence-corrected chi connectivity index (χ3v) is 5.43. The highest BCUT2D eigenvalue weighted by molar-refractivity contribution is 7.91. The van der Waals surface area contributed by atoms with Gasteiger partial charge in [0.1, 0.15) is 4.99 Å². The number of halogens is 1. The number of nitrogens with two attached hydrogens (primary N) is 1. The molecule has 0 spiro atoms. The average molecular weight is 344 g/mol. The predicted octanol–water partition coefficient (Wildman–Crippen LogP) is 1.95. The molecule has 1 aromatic carbocycles. The topological polar surface area (TPSA) is 78.0 Å². The summed E-state index contributed by atoms with van der Waals surface area (Å²) in [6, 6.07) is 6.22. The van der Waals surface area contributed by atoms with Crippen molar-refractivity contribution >= 4 is 38.6 Å². The molecule has 2 aromatic rings. The molecule has 2 rings (SSSR count). The zero-order valence-electron chi connectivity index (χ0n) is 11.3. The maximum Gasteiger partial charge on any atom is 0.180 e. The van der Waals surface area contributed by atoms with Gasteiger partial charge in [0, 0.05) is 5.56 Å². The van der Waals surface area contributed by atoms with E-state index in [0.29, 0.717) is 10.6 Å². The number of aryl methyl sites for hydroxylation is 1. The molecule has 0 atom stereocenters. The molecule has 0 saturated heterocycles. The minimum atomic E-state index is -3.40. The van der Waals surface area contributed by atoms with Gasteiger partial charge in [-0.1, -0.05) is 36.0 Å². The van der Waals surface area contributed by atoms with Gasteiger partial charge in [0.2, 0.25) is 0 Å². The Kier molecular flexibility index (Phi) is 4.65. The van der Waals surface area contributed by atoms with E-state index in [-0.39, 0.29) is 22.2 Å². The first-order chi connectivity index (χ1) is 9.81. The lowest BCUT2D eigenvalue weighted by atomic mass is 10.2. The maximum atomic E-state index is 12.3. The second-order valence-corrected chi connectivity index (χ2v) is 7.46. The fourth-order valence-electron chi connectivity index (χ4n) is 1.80. The van der Waals surface area contributed by atoms with Gasteiger partial charge in [0.05, 0.1) is 34.1 Å². The Hall–Kier alpha value is -1.44. The van der Waals surface area contributed by atoms with Gasteiger partial charge in [-0.25, -0.2) is 8.42 Å². The zero-order valence-corrected chi connectivity index (χ0v) is 13.7. The van der Waals surface area contributed by atoms with Crippen molar-refractivity contribution < 1.29 is 8.42 Å². The normalized spacial score (nSPS) is 11.5.